The second-order valence-electron chi connectivity index (χ2n) is 3.44. The number of carbonyl (C=O) groups is 1. The van der Waals surface area contributed by atoms with E-state index in [0.717, 1.165) is 12.1 Å². The highest BCUT2D eigenvalue weighted by molar-refractivity contribution is 5.77. The minimum absolute atomic E-state index is 0.162. The van der Waals surface area contributed by atoms with Crippen LogP contribution in [0.4, 0.5) is 8.78 Å². The number of hydrogen-bond acceptors (Lipinski definition) is 2. The Morgan fingerprint density at radius 2 is 2.12 bits per heavy atom. The van der Waals surface area contributed by atoms with Gasteiger partial charge in [0.25, 0.3) is 0 Å². The highest BCUT2D eigenvalue weighted by atomic mass is 19.2. The first kappa shape index (κ1) is 13.3. The van der Waals surface area contributed by atoms with Gasteiger partial charge >= 0.3 is 0 Å². The summed E-state index contributed by atoms with van der Waals surface area (Å²) in [5, 5.41) is 5.41. The molecule has 5 heteroatoms. The Kier molecular flexibility index (Phi) is 5.29. The number of rotatable bonds is 6. The third-order valence-corrected chi connectivity index (χ3v) is 2.05. The lowest BCUT2D eigenvalue weighted by atomic mass is 10.2. The highest BCUT2D eigenvalue weighted by Crippen LogP contribution is 2.08. The van der Waals surface area contributed by atoms with Crippen molar-refractivity contribution in [3.63, 3.8) is 0 Å². The van der Waals surface area contributed by atoms with Gasteiger partial charge in [0, 0.05) is 13.1 Å². The van der Waals surface area contributed by atoms with Crippen LogP contribution in [0.1, 0.15) is 5.56 Å². The number of hydrogen-bond donors (Lipinski definition) is 2. The third-order valence-electron chi connectivity index (χ3n) is 2.05. The molecule has 0 aromatic heterocycles. The van der Waals surface area contributed by atoms with Crippen LogP contribution in [0, 0.1) is 11.6 Å². The Hall–Kier alpha value is -1.75. The molecule has 0 bridgehead atoms. The zero-order valence-electron chi connectivity index (χ0n) is 9.30. The van der Waals surface area contributed by atoms with Crippen molar-refractivity contribution in [2.24, 2.45) is 0 Å². The quantitative estimate of drug-likeness (QED) is 0.582. The van der Waals surface area contributed by atoms with Crippen molar-refractivity contribution in [3.8, 4) is 0 Å². The maximum atomic E-state index is 12.8. The minimum atomic E-state index is -0.915. The Balaban J connectivity index is 2.36. The van der Waals surface area contributed by atoms with Gasteiger partial charge in [0.1, 0.15) is 0 Å². The minimum Gasteiger partial charge on any atom is -0.351 e. The second-order valence-corrected chi connectivity index (χ2v) is 3.44. The maximum Gasteiger partial charge on any atom is 0.234 e. The molecule has 0 unspecified atom stereocenters. The Morgan fingerprint density at radius 3 is 2.76 bits per heavy atom. The van der Waals surface area contributed by atoms with E-state index in [0.29, 0.717) is 12.1 Å². The Labute approximate surface area is 98.5 Å². The van der Waals surface area contributed by atoms with Gasteiger partial charge in [-0.3, -0.25) is 4.79 Å². The number of amides is 1. The molecule has 0 radical (unpaired) electrons. The van der Waals surface area contributed by atoms with Gasteiger partial charge in [-0.15, -0.1) is 6.58 Å². The maximum absolute atomic E-state index is 12.8. The average Bonchev–Trinajstić information content (AvgIpc) is 2.31. The molecule has 0 saturated heterocycles. The van der Waals surface area contributed by atoms with Crippen LogP contribution in [0.5, 0.6) is 0 Å². The van der Waals surface area contributed by atoms with E-state index in [4.69, 9.17) is 0 Å². The smallest absolute Gasteiger partial charge is 0.234 e. The molecule has 0 saturated carbocycles. The fraction of sp³-hybridized carbons (Fsp3) is 0.250. The fourth-order valence-electron chi connectivity index (χ4n) is 1.20. The Morgan fingerprint density at radius 1 is 1.35 bits per heavy atom. The van der Waals surface area contributed by atoms with Crippen LogP contribution in [0.3, 0.4) is 0 Å². The lowest BCUT2D eigenvalue weighted by Gasteiger charge is -2.06. The summed E-state index contributed by atoms with van der Waals surface area (Å²) < 4.78 is 25.5. The summed E-state index contributed by atoms with van der Waals surface area (Å²) in [5.74, 6) is -2.02. The summed E-state index contributed by atoms with van der Waals surface area (Å²) in [6, 6.07) is 3.52. The Bertz CT molecular complexity index is 407. The van der Waals surface area contributed by atoms with E-state index < -0.39 is 11.6 Å². The van der Waals surface area contributed by atoms with Gasteiger partial charge < -0.3 is 10.6 Å². The second kappa shape index (κ2) is 6.75. The molecule has 0 fully saturated rings. The molecule has 0 atom stereocenters. The van der Waals surface area contributed by atoms with Crippen LogP contribution in [0.25, 0.3) is 0 Å². The van der Waals surface area contributed by atoms with Crippen molar-refractivity contribution in [1.29, 1.82) is 0 Å². The van der Waals surface area contributed by atoms with Crippen LogP contribution in [-0.2, 0) is 11.3 Å². The van der Waals surface area contributed by atoms with Crippen molar-refractivity contribution >= 4 is 5.91 Å². The molecule has 1 amide bonds. The van der Waals surface area contributed by atoms with Gasteiger partial charge in [-0.05, 0) is 17.7 Å². The first-order chi connectivity index (χ1) is 8.13. The van der Waals surface area contributed by atoms with Crippen LogP contribution in [0.2, 0.25) is 0 Å². The number of benzene rings is 1. The van der Waals surface area contributed by atoms with Gasteiger partial charge in [-0.1, -0.05) is 12.1 Å². The number of carbonyl (C=O) groups excluding carboxylic acids is 1. The third kappa shape index (κ3) is 4.74. The predicted molar refractivity (Wildman–Crippen MR) is 61.3 cm³/mol. The molecule has 1 aromatic carbocycles. The molecule has 3 nitrogen and oxygen atoms in total. The molecule has 1 aromatic rings. The van der Waals surface area contributed by atoms with E-state index in [1.165, 1.54) is 6.07 Å². The van der Waals surface area contributed by atoms with Crippen LogP contribution < -0.4 is 10.6 Å². The zero-order valence-corrected chi connectivity index (χ0v) is 9.30. The summed E-state index contributed by atoms with van der Waals surface area (Å²) in [7, 11) is 0. The van der Waals surface area contributed by atoms with Crippen molar-refractivity contribution in [1.82, 2.24) is 10.6 Å². The molecular weight excluding hydrogens is 226 g/mol. The van der Waals surface area contributed by atoms with Gasteiger partial charge in [0.15, 0.2) is 11.6 Å². The molecule has 0 aliphatic carbocycles. The predicted octanol–water partition coefficient (Wildman–Crippen LogP) is 1.36. The molecular formula is C12H14F2N2O. The molecule has 92 valence electrons. The summed E-state index contributed by atoms with van der Waals surface area (Å²) in [6.07, 6.45) is 1.64. The molecule has 1 rings (SSSR count). The van der Waals surface area contributed by atoms with Gasteiger partial charge in [-0.25, -0.2) is 8.78 Å². The van der Waals surface area contributed by atoms with Crippen molar-refractivity contribution in [2.75, 3.05) is 13.1 Å². The molecule has 0 aliphatic rings. The largest absolute Gasteiger partial charge is 0.351 e. The zero-order chi connectivity index (χ0) is 12.7. The average molecular weight is 240 g/mol. The van der Waals surface area contributed by atoms with Crippen molar-refractivity contribution < 1.29 is 13.6 Å². The van der Waals surface area contributed by atoms with E-state index >= 15 is 0 Å². The van der Waals surface area contributed by atoms with E-state index in [-0.39, 0.29) is 19.0 Å². The lowest BCUT2D eigenvalue weighted by Crippen LogP contribution is -2.33. The lowest BCUT2D eigenvalue weighted by molar-refractivity contribution is -0.120. The van der Waals surface area contributed by atoms with Crippen LogP contribution >= 0.6 is 0 Å². The van der Waals surface area contributed by atoms with E-state index in [1.54, 1.807) is 6.08 Å². The number of halogens is 2. The van der Waals surface area contributed by atoms with E-state index in [1.807, 2.05) is 0 Å². The first-order valence-corrected chi connectivity index (χ1v) is 5.15. The first-order valence-electron chi connectivity index (χ1n) is 5.15. The monoisotopic (exact) mass is 240 g/mol. The van der Waals surface area contributed by atoms with Crippen LogP contribution in [0.15, 0.2) is 30.9 Å². The molecule has 0 spiro atoms. The molecule has 17 heavy (non-hydrogen) atoms. The highest BCUT2D eigenvalue weighted by Gasteiger charge is 2.04. The summed E-state index contributed by atoms with van der Waals surface area (Å²) in [5.41, 5.74) is 0.515. The van der Waals surface area contributed by atoms with E-state index in [2.05, 4.69) is 17.2 Å². The summed E-state index contributed by atoms with van der Waals surface area (Å²) in [6.45, 7) is 4.37. The summed E-state index contributed by atoms with van der Waals surface area (Å²) in [4.78, 5) is 11.3. The standard InChI is InChI=1S/C12H14F2N2O/c1-2-5-15-8-12(17)16-7-9-3-4-10(13)11(14)6-9/h2-4,6,15H,1,5,7-8H2,(H,16,17). The van der Waals surface area contributed by atoms with Gasteiger partial charge in [-0.2, -0.15) is 0 Å². The fourth-order valence-corrected chi connectivity index (χ4v) is 1.20. The SMILES string of the molecule is C=CCNCC(=O)NCc1ccc(F)c(F)c1. The molecule has 0 aliphatic heterocycles. The van der Waals surface area contributed by atoms with Gasteiger partial charge in [0.05, 0.1) is 6.54 Å². The molecule has 0 heterocycles. The van der Waals surface area contributed by atoms with E-state index in [9.17, 15) is 13.6 Å². The van der Waals surface area contributed by atoms with Crippen LogP contribution in [-0.4, -0.2) is 19.0 Å². The topological polar surface area (TPSA) is 41.1 Å². The number of nitrogens with one attached hydrogen (secondary N) is 2. The van der Waals surface area contributed by atoms with Gasteiger partial charge in [0.2, 0.25) is 5.91 Å². The normalized spacial score (nSPS) is 10.0. The van der Waals surface area contributed by atoms with Crippen molar-refractivity contribution in [3.05, 3.63) is 48.1 Å². The molecule has 2 N–H and O–H groups in total. The van der Waals surface area contributed by atoms with Crippen molar-refractivity contribution in [2.45, 2.75) is 6.54 Å². The summed E-state index contributed by atoms with van der Waals surface area (Å²) >= 11 is 0.